The number of nitrogens with one attached hydrogen (secondary N) is 1. The van der Waals surface area contributed by atoms with Gasteiger partial charge in [0.1, 0.15) is 11.9 Å². The van der Waals surface area contributed by atoms with Crippen molar-refractivity contribution in [2.24, 2.45) is 0 Å². The average molecular weight is 436 g/mol. The molecule has 0 bridgehead atoms. The maximum atomic E-state index is 14.1. The topological polar surface area (TPSA) is 114 Å². The predicted molar refractivity (Wildman–Crippen MR) is 94.9 cm³/mol. The molecule has 1 aromatic heterocycles. The van der Waals surface area contributed by atoms with E-state index in [-0.39, 0.29) is 21.4 Å². The maximum Gasteiger partial charge on any atom is 0.351 e. The van der Waals surface area contributed by atoms with Gasteiger partial charge in [-0.1, -0.05) is 23.2 Å². The van der Waals surface area contributed by atoms with Crippen molar-refractivity contribution >= 4 is 34.9 Å². The van der Waals surface area contributed by atoms with E-state index in [1.165, 1.54) is 18.2 Å². The first-order valence-corrected chi connectivity index (χ1v) is 8.58. The molecule has 0 saturated carbocycles. The fourth-order valence-electron chi connectivity index (χ4n) is 2.61. The van der Waals surface area contributed by atoms with E-state index in [2.05, 4.69) is 10.3 Å². The molecule has 0 aliphatic carbocycles. The Morgan fingerprint density at radius 1 is 1.32 bits per heavy atom. The standard InChI is InChI=1S/C16H13Cl2F2N3O5/c17-8-2-1-7(5-9(8)18)13(26)21-11-3-4-23(15(27)22-11)14-16(19,20)12(25)10(6-24)28-14/h1-5,10,12,14,24-25H,6H2,(H,21,22,26,27)/t10-,12-,14-/m1/s1. The van der Waals surface area contributed by atoms with Gasteiger partial charge in [-0.15, -0.1) is 0 Å². The second kappa shape index (κ2) is 7.72. The highest BCUT2D eigenvalue weighted by molar-refractivity contribution is 6.42. The molecule has 3 rings (SSSR count). The molecule has 0 spiro atoms. The Balaban J connectivity index is 1.82. The Morgan fingerprint density at radius 3 is 2.61 bits per heavy atom. The monoisotopic (exact) mass is 435 g/mol. The van der Waals surface area contributed by atoms with Crippen LogP contribution in [0.1, 0.15) is 16.6 Å². The van der Waals surface area contributed by atoms with Crippen LogP contribution >= 0.6 is 23.2 Å². The molecule has 1 fully saturated rings. The van der Waals surface area contributed by atoms with Gasteiger partial charge in [-0.05, 0) is 24.3 Å². The van der Waals surface area contributed by atoms with Crippen LogP contribution in [0.2, 0.25) is 10.0 Å². The third-order valence-corrected chi connectivity index (χ3v) is 4.80. The number of halogens is 4. The van der Waals surface area contributed by atoms with E-state index in [1.807, 2.05) is 0 Å². The second-order valence-electron chi connectivity index (χ2n) is 5.91. The highest BCUT2D eigenvalue weighted by Crippen LogP contribution is 2.41. The molecule has 150 valence electrons. The summed E-state index contributed by atoms with van der Waals surface area (Å²) in [6, 6.07) is 5.22. The van der Waals surface area contributed by atoms with Crippen molar-refractivity contribution in [2.45, 2.75) is 24.4 Å². The van der Waals surface area contributed by atoms with Gasteiger partial charge in [0, 0.05) is 11.8 Å². The number of nitrogens with zero attached hydrogens (tertiary/aromatic N) is 2. The van der Waals surface area contributed by atoms with E-state index in [0.717, 1.165) is 12.3 Å². The van der Waals surface area contributed by atoms with Gasteiger partial charge in [0.2, 0.25) is 6.23 Å². The zero-order valence-corrected chi connectivity index (χ0v) is 15.4. The molecule has 2 aromatic rings. The van der Waals surface area contributed by atoms with Gasteiger partial charge in [-0.25, -0.2) is 4.79 Å². The van der Waals surface area contributed by atoms with Crippen LogP contribution in [0.25, 0.3) is 0 Å². The fraction of sp³-hybridized carbons (Fsp3) is 0.312. The first-order valence-electron chi connectivity index (χ1n) is 7.83. The van der Waals surface area contributed by atoms with Crippen molar-refractivity contribution in [3.63, 3.8) is 0 Å². The lowest BCUT2D eigenvalue weighted by atomic mass is 10.1. The molecule has 1 aliphatic rings. The number of ether oxygens (including phenoxy) is 1. The Morgan fingerprint density at radius 2 is 2.04 bits per heavy atom. The minimum atomic E-state index is -3.83. The molecule has 1 amide bonds. The third-order valence-electron chi connectivity index (χ3n) is 4.07. The Hall–Kier alpha value is -2.11. The van der Waals surface area contributed by atoms with Crippen LogP contribution in [-0.4, -0.2) is 50.4 Å². The first-order chi connectivity index (χ1) is 13.1. The Labute approximate surface area is 166 Å². The lowest BCUT2D eigenvalue weighted by molar-refractivity contribution is -0.140. The first kappa shape index (κ1) is 20.6. The minimum absolute atomic E-state index is 0.139. The number of aliphatic hydroxyl groups is 2. The van der Waals surface area contributed by atoms with Gasteiger partial charge in [-0.3, -0.25) is 9.36 Å². The van der Waals surface area contributed by atoms with Crippen LogP contribution in [0, 0.1) is 0 Å². The summed E-state index contributed by atoms with van der Waals surface area (Å²) in [6.07, 6.45) is -5.06. The molecular formula is C16H13Cl2F2N3O5. The van der Waals surface area contributed by atoms with Crippen LogP contribution in [0.4, 0.5) is 14.6 Å². The molecule has 12 heteroatoms. The molecular weight excluding hydrogens is 423 g/mol. The van der Waals surface area contributed by atoms with Gasteiger partial charge in [0.25, 0.3) is 5.91 Å². The van der Waals surface area contributed by atoms with Crippen LogP contribution in [0.15, 0.2) is 35.3 Å². The Bertz CT molecular complexity index is 972. The summed E-state index contributed by atoms with van der Waals surface area (Å²) in [5, 5.41) is 21.3. The third kappa shape index (κ3) is 3.74. The van der Waals surface area contributed by atoms with Crippen LogP contribution in [-0.2, 0) is 4.74 Å². The van der Waals surface area contributed by atoms with E-state index >= 15 is 0 Å². The molecule has 1 aliphatic heterocycles. The van der Waals surface area contributed by atoms with Crippen molar-refractivity contribution < 1.29 is 28.5 Å². The summed E-state index contributed by atoms with van der Waals surface area (Å²) < 4.78 is 33.6. The number of aromatic nitrogens is 2. The molecule has 0 unspecified atom stereocenters. The number of amides is 1. The second-order valence-corrected chi connectivity index (χ2v) is 6.73. The summed E-state index contributed by atoms with van der Waals surface area (Å²) in [5.74, 6) is -4.68. The number of hydrogen-bond donors (Lipinski definition) is 3. The molecule has 3 N–H and O–H groups in total. The molecule has 3 atom stereocenters. The van der Waals surface area contributed by atoms with Gasteiger partial charge < -0.3 is 20.3 Å². The van der Waals surface area contributed by atoms with Gasteiger partial charge in [0.05, 0.1) is 16.7 Å². The summed E-state index contributed by atoms with van der Waals surface area (Å²) in [6.45, 7) is -0.854. The summed E-state index contributed by atoms with van der Waals surface area (Å²) in [5.41, 5.74) is -1.01. The number of carbonyl (C=O) groups excluding carboxylic acids is 1. The molecule has 1 aromatic carbocycles. The summed E-state index contributed by atoms with van der Waals surface area (Å²) >= 11 is 11.6. The number of benzene rings is 1. The zero-order chi connectivity index (χ0) is 20.6. The minimum Gasteiger partial charge on any atom is -0.394 e. The molecule has 8 nitrogen and oxygen atoms in total. The SMILES string of the molecule is O=C(Nc1ccn([C@@H]2O[C@H](CO)[C@@H](O)C2(F)F)c(=O)n1)c1ccc(Cl)c(Cl)c1. The summed E-state index contributed by atoms with van der Waals surface area (Å²) in [7, 11) is 0. The number of hydrogen-bond acceptors (Lipinski definition) is 6. The zero-order valence-electron chi connectivity index (χ0n) is 13.9. The largest absolute Gasteiger partial charge is 0.394 e. The van der Waals surface area contributed by atoms with Crippen molar-refractivity contribution in [2.75, 3.05) is 11.9 Å². The Kier molecular flexibility index (Phi) is 5.69. The number of anilines is 1. The molecule has 2 heterocycles. The summed E-state index contributed by atoms with van der Waals surface area (Å²) in [4.78, 5) is 27.9. The van der Waals surface area contributed by atoms with E-state index < -0.39 is 42.6 Å². The quantitative estimate of drug-likeness (QED) is 0.673. The fourth-order valence-corrected chi connectivity index (χ4v) is 2.90. The van der Waals surface area contributed by atoms with Crippen molar-refractivity contribution in [1.29, 1.82) is 0 Å². The van der Waals surface area contributed by atoms with Crippen LogP contribution in [0.5, 0.6) is 0 Å². The van der Waals surface area contributed by atoms with Crippen LogP contribution < -0.4 is 11.0 Å². The van der Waals surface area contributed by atoms with E-state index in [4.69, 9.17) is 33.0 Å². The lowest BCUT2D eigenvalue weighted by Crippen LogP contribution is -2.41. The number of carbonyl (C=O) groups is 1. The van der Waals surface area contributed by atoms with Crippen molar-refractivity contribution in [1.82, 2.24) is 9.55 Å². The van der Waals surface area contributed by atoms with E-state index in [1.54, 1.807) is 0 Å². The number of rotatable bonds is 4. The van der Waals surface area contributed by atoms with E-state index in [9.17, 15) is 23.5 Å². The van der Waals surface area contributed by atoms with Gasteiger partial charge in [0.15, 0.2) is 6.10 Å². The highest BCUT2D eigenvalue weighted by atomic mass is 35.5. The van der Waals surface area contributed by atoms with Gasteiger partial charge in [-0.2, -0.15) is 13.8 Å². The predicted octanol–water partition coefficient (Wildman–Crippen LogP) is 1.69. The molecule has 28 heavy (non-hydrogen) atoms. The number of alkyl halides is 2. The van der Waals surface area contributed by atoms with Gasteiger partial charge >= 0.3 is 11.6 Å². The normalized spacial score (nSPS) is 23.6. The average Bonchev–Trinajstić information content (AvgIpc) is 2.87. The number of aliphatic hydroxyl groups excluding tert-OH is 2. The smallest absolute Gasteiger partial charge is 0.351 e. The van der Waals surface area contributed by atoms with Crippen LogP contribution in [0.3, 0.4) is 0 Å². The highest BCUT2D eigenvalue weighted by Gasteiger charge is 2.59. The van der Waals surface area contributed by atoms with E-state index in [0.29, 0.717) is 4.57 Å². The van der Waals surface area contributed by atoms with Crippen molar-refractivity contribution in [3.8, 4) is 0 Å². The molecule has 0 radical (unpaired) electrons. The maximum absolute atomic E-state index is 14.1. The molecule has 1 saturated heterocycles. The van der Waals surface area contributed by atoms with Crippen molar-refractivity contribution in [3.05, 3.63) is 56.6 Å². The lowest BCUT2D eigenvalue weighted by Gasteiger charge is -2.21.